The Balaban J connectivity index is 2.42. The van der Waals surface area contributed by atoms with Crippen LogP contribution in [0.2, 0.25) is 10.0 Å². The largest absolute Gasteiger partial charge is 0.366 e. The molecule has 24 heavy (non-hydrogen) atoms. The fraction of sp³-hybridized carbons (Fsp3) is 0.278. The van der Waals surface area contributed by atoms with Gasteiger partial charge in [-0.05, 0) is 43.7 Å². The molecule has 0 bridgehead atoms. The maximum atomic E-state index is 14.2. The zero-order chi connectivity index (χ0) is 17.9. The van der Waals surface area contributed by atoms with E-state index in [1.54, 1.807) is 36.5 Å². The lowest BCUT2D eigenvalue weighted by Gasteiger charge is -2.24. The molecular formula is C18H20Cl2FN3. The van der Waals surface area contributed by atoms with Crippen molar-refractivity contribution in [3.05, 3.63) is 51.8 Å². The van der Waals surface area contributed by atoms with Gasteiger partial charge in [0.15, 0.2) is 0 Å². The minimum atomic E-state index is -0.382. The van der Waals surface area contributed by atoms with Crippen LogP contribution in [0.1, 0.15) is 12.5 Å². The molecular weight excluding hydrogens is 348 g/mol. The summed E-state index contributed by atoms with van der Waals surface area (Å²) in [6.07, 6.45) is 1.73. The van der Waals surface area contributed by atoms with Gasteiger partial charge in [-0.25, -0.2) is 9.38 Å². The Morgan fingerprint density at radius 2 is 1.88 bits per heavy atom. The lowest BCUT2D eigenvalue weighted by Crippen LogP contribution is -2.14. The summed E-state index contributed by atoms with van der Waals surface area (Å²) in [5, 5.41) is 0.843. The monoisotopic (exact) mass is 367 g/mol. The van der Waals surface area contributed by atoms with Crippen LogP contribution in [0.15, 0.2) is 35.3 Å². The van der Waals surface area contributed by atoms with Crippen LogP contribution >= 0.6 is 23.2 Å². The molecule has 0 saturated heterocycles. The normalized spacial score (nSPS) is 11.1. The first-order valence-corrected chi connectivity index (χ1v) is 8.33. The highest BCUT2D eigenvalue weighted by atomic mass is 35.5. The van der Waals surface area contributed by atoms with E-state index in [2.05, 4.69) is 4.99 Å². The molecule has 0 aliphatic heterocycles. The van der Waals surface area contributed by atoms with Gasteiger partial charge in [0, 0.05) is 26.3 Å². The number of aliphatic imine (C=N–C) groups is 1. The Hall–Kier alpha value is -1.78. The molecule has 0 unspecified atom stereocenters. The molecule has 0 fully saturated rings. The fourth-order valence-corrected chi connectivity index (χ4v) is 2.78. The van der Waals surface area contributed by atoms with Crippen LogP contribution in [-0.2, 0) is 0 Å². The number of benzene rings is 2. The van der Waals surface area contributed by atoms with Crippen molar-refractivity contribution in [1.82, 2.24) is 4.90 Å². The zero-order valence-corrected chi connectivity index (χ0v) is 15.7. The SMILES string of the molecule is CCN(C)/C=N\c1cc(C)c(N(C)c2c(F)cccc2Cl)cc1Cl. The molecule has 0 N–H and O–H groups in total. The highest BCUT2D eigenvalue weighted by Gasteiger charge is 2.16. The van der Waals surface area contributed by atoms with E-state index in [1.807, 2.05) is 31.9 Å². The molecule has 0 aliphatic carbocycles. The first-order valence-electron chi connectivity index (χ1n) is 7.57. The van der Waals surface area contributed by atoms with Crippen LogP contribution in [0, 0.1) is 12.7 Å². The van der Waals surface area contributed by atoms with Crippen LogP contribution in [0.4, 0.5) is 21.5 Å². The third kappa shape index (κ3) is 4.00. The number of rotatable bonds is 5. The standard InChI is InChI=1S/C18H20Cl2FN3/c1-5-23(3)11-22-16-9-12(2)17(10-14(16)20)24(4)18-13(19)7-6-8-15(18)21/h6-11H,5H2,1-4H3/b22-11-. The summed E-state index contributed by atoms with van der Waals surface area (Å²) in [4.78, 5) is 8.04. The maximum absolute atomic E-state index is 14.2. The molecule has 0 radical (unpaired) electrons. The van der Waals surface area contributed by atoms with E-state index in [0.29, 0.717) is 21.4 Å². The summed E-state index contributed by atoms with van der Waals surface area (Å²) in [6, 6.07) is 8.28. The topological polar surface area (TPSA) is 18.8 Å². The second-order valence-corrected chi connectivity index (χ2v) is 6.35. The molecule has 2 rings (SSSR count). The van der Waals surface area contributed by atoms with Gasteiger partial charge in [0.25, 0.3) is 0 Å². The van der Waals surface area contributed by atoms with Crippen LogP contribution in [0.5, 0.6) is 0 Å². The molecule has 2 aromatic carbocycles. The molecule has 0 aromatic heterocycles. The van der Waals surface area contributed by atoms with Crippen molar-refractivity contribution < 1.29 is 4.39 Å². The van der Waals surface area contributed by atoms with Gasteiger partial charge in [-0.15, -0.1) is 0 Å². The molecule has 0 spiro atoms. The van der Waals surface area contributed by atoms with Crippen LogP contribution in [-0.4, -0.2) is 31.9 Å². The lowest BCUT2D eigenvalue weighted by molar-refractivity contribution is 0.552. The number of aryl methyl sites for hydroxylation is 1. The van der Waals surface area contributed by atoms with E-state index >= 15 is 0 Å². The van der Waals surface area contributed by atoms with Crippen molar-refractivity contribution in [2.24, 2.45) is 4.99 Å². The van der Waals surface area contributed by atoms with E-state index in [9.17, 15) is 4.39 Å². The quantitative estimate of drug-likeness (QED) is 0.489. The van der Waals surface area contributed by atoms with Crippen molar-refractivity contribution in [3.63, 3.8) is 0 Å². The van der Waals surface area contributed by atoms with Crippen molar-refractivity contribution in [3.8, 4) is 0 Å². The van der Waals surface area contributed by atoms with E-state index < -0.39 is 0 Å². The van der Waals surface area contributed by atoms with Crippen molar-refractivity contribution in [2.75, 3.05) is 25.5 Å². The van der Waals surface area contributed by atoms with Gasteiger partial charge < -0.3 is 9.80 Å². The van der Waals surface area contributed by atoms with E-state index in [4.69, 9.17) is 23.2 Å². The highest BCUT2D eigenvalue weighted by Crippen LogP contribution is 2.38. The van der Waals surface area contributed by atoms with Crippen molar-refractivity contribution in [1.29, 1.82) is 0 Å². The van der Waals surface area contributed by atoms with E-state index in [1.165, 1.54) is 6.07 Å². The fourth-order valence-electron chi connectivity index (χ4n) is 2.29. The van der Waals surface area contributed by atoms with E-state index in [0.717, 1.165) is 17.8 Å². The molecule has 0 atom stereocenters. The molecule has 128 valence electrons. The number of halogens is 3. The number of anilines is 2. The molecule has 0 aliphatic rings. The summed E-state index contributed by atoms with van der Waals surface area (Å²) in [7, 11) is 3.70. The summed E-state index contributed by atoms with van der Waals surface area (Å²) < 4.78 is 14.2. The zero-order valence-electron chi connectivity index (χ0n) is 14.1. The molecule has 3 nitrogen and oxygen atoms in total. The highest BCUT2D eigenvalue weighted by molar-refractivity contribution is 6.34. The smallest absolute Gasteiger partial charge is 0.148 e. The Kier molecular flexibility index (Phi) is 6.08. The minimum Gasteiger partial charge on any atom is -0.366 e. The predicted octanol–water partition coefficient (Wildman–Crippen LogP) is 5.82. The van der Waals surface area contributed by atoms with Crippen LogP contribution in [0.25, 0.3) is 0 Å². The average Bonchev–Trinajstić information content (AvgIpc) is 2.54. The van der Waals surface area contributed by atoms with Gasteiger partial charge >= 0.3 is 0 Å². The van der Waals surface area contributed by atoms with Crippen molar-refractivity contribution >= 4 is 46.6 Å². The third-order valence-corrected chi connectivity index (χ3v) is 4.40. The number of hydrogen-bond acceptors (Lipinski definition) is 2. The summed E-state index contributed by atoms with van der Waals surface area (Å²) in [6.45, 7) is 4.82. The predicted molar refractivity (Wildman–Crippen MR) is 102 cm³/mol. The van der Waals surface area contributed by atoms with Crippen molar-refractivity contribution in [2.45, 2.75) is 13.8 Å². The molecule has 2 aromatic rings. The lowest BCUT2D eigenvalue weighted by atomic mass is 10.1. The molecule has 6 heteroatoms. The van der Waals surface area contributed by atoms with E-state index in [-0.39, 0.29) is 5.82 Å². The molecule has 0 amide bonds. The second-order valence-electron chi connectivity index (χ2n) is 5.54. The van der Waals surface area contributed by atoms with Gasteiger partial charge in [-0.3, -0.25) is 0 Å². The Labute approximate surface area is 152 Å². The number of para-hydroxylation sites is 1. The van der Waals surface area contributed by atoms with Gasteiger partial charge in [-0.1, -0.05) is 29.3 Å². The Morgan fingerprint density at radius 3 is 2.50 bits per heavy atom. The van der Waals surface area contributed by atoms with Gasteiger partial charge in [0.05, 0.1) is 27.8 Å². The summed E-state index contributed by atoms with van der Waals surface area (Å²) in [5.74, 6) is -0.382. The van der Waals surface area contributed by atoms with Gasteiger partial charge in [0.1, 0.15) is 5.82 Å². The number of nitrogens with zero attached hydrogens (tertiary/aromatic N) is 3. The average molecular weight is 368 g/mol. The molecule has 0 heterocycles. The molecule has 0 saturated carbocycles. The first kappa shape index (κ1) is 18.6. The maximum Gasteiger partial charge on any atom is 0.148 e. The summed E-state index contributed by atoms with van der Waals surface area (Å²) >= 11 is 12.5. The Morgan fingerprint density at radius 1 is 1.17 bits per heavy atom. The first-order chi connectivity index (χ1) is 11.3. The van der Waals surface area contributed by atoms with Crippen LogP contribution in [0.3, 0.4) is 0 Å². The third-order valence-electron chi connectivity index (χ3n) is 3.79. The summed E-state index contributed by atoms with van der Waals surface area (Å²) in [5.41, 5.74) is 2.69. The number of hydrogen-bond donors (Lipinski definition) is 0. The minimum absolute atomic E-state index is 0.320. The second kappa shape index (κ2) is 7.86. The Bertz CT molecular complexity index is 742. The van der Waals surface area contributed by atoms with Gasteiger partial charge in [0.2, 0.25) is 0 Å². The van der Waals surface area contributed by atoms with Crippen LogP contribution < -0.4 is 4.90 Å². The van der Waals surface area contributed by atoms with Gasteiger partial charge in [-0.2, -0.15) is 0 Å².